The number of hydrogen-bond acceptors (Lipinski definition) is 6. The summed E-state index contributed by atoms with van der Waals surface area (Å²) in [5, 5.41) is 8.34. The maximum atomic E-state index is 12.4. The number of aryl methyl sites for hydroxylation is 3. The van der Waals surface area contributed by atoms with E-state index in [2.05, 4.69) is 20.1 Å². The second-order valence-corrected chi connectivity index (χ2v) is 6.20. The van der Waals surface area contributed by atoms with E-state index >= 15 is 0 Å². The van der Waals surface area contributed by atoms with E-state index < -0.39 is 0 Å². The van der Waals surface area contributed by atoms with Crippen molar-refractivity contribution in [2.75, 3.05) is 26.2 Å². The molecular formula is C16H24N6O2. The summed E-state index contributed by atoms with van der Waals surface area (Å²) in [7, 11) is 0. The molecule has 1 amide bonds. The maximum Gasteiger partial charge on any atom is 0.244 e. The summed E-state index contributed by atoms with van der Waals surface area (Å²) in [6.45, 7) is 9.96. The molecule has 1 saturated heterocycles. The lowest BCUT2D eigenvalue weighted by Gasteiger charge is -2.34. The lowest BCUT2D eigenvalue weighted by molar-refractivity contribution is -0.133. The van der Waals surface area contributed by atoms with Crippen LogP contribution in [0.25, 0.3) is 0 Å². The van der Waals surface area contributed by atoms with Crippen molar-refractivity contribution in [2.45, 2.75) is 40.3 Å². The van der Waals surface area contributed by atoms with Crippen LogP contribution in [0.15, 0.2) is 10.6 Å². The third-order valence-electron chi connectivity index (χ3n) is 4.29. The summed E-state index contributed by atoms with van der Waals surface area (Å²) in [6.07, 6.45) is 0.752. The Morgan fingerprint density at radius 1 is 1.25 bits per heavy atom. The van der Waals surface area contributed by atoms with E-state index in [9.17, 15) is 4.79 Å². The van der Waals surface area contributed by atoms with Crippen molar-refractivity contribution in [3.05, 3.63) is 29.2 Å². The van der Waals surface area contributed by atoms with Crippen molar-refractivity contribution in [3.63, 3.8) is 0 Å². The summed E-state index contributed by atoms with van der Waals surface area (Å²) in [6, 6.07) is 1.99. The highest BCUT2D eigenvalue weighted by molar-refractivity contribution is 5.76. The third-order valence-corrected chi connectivity index (χ3v) is 4.29. The minimum atomic E-state index is 0.119. The summed E-state index contributed by atoms with van der Waals surface area (Å²) >= 11 is 0. The molecule has 130 valence electrons. The van der Waals surface area contributed by atoms with Gasteiger partial charge in [0.1, 0.15) is 6.54 Å². The average Bonchev–Trinajstić information content (AvgIpc) is 3.14. The molecule has 0 atom stereocenters. The number of aromatic nitrogens is 4. The highest BCUT2D eigenvalue weighted by Crippen LogP contribution is 2.09. The van der Waals surface area contributed by atoms with Crippen molar-refractivity contribution < 1.29 is 9.32 Å². The summed E-state index contributed by atoms with van der Waals surface area (Å²) in [5.74, 6) is 1.51. The molecule has 0 aliphatic carbocycles. The number of amides is 1. The van der Waals surface area contributed by atoms with Gasteiger partial charge in [-0.25, -0.2) is 0 Å². The van der Waals surface area contributed by atoms with Gasteiger partial charge in [-0.1, -0.05) is 12.1 Å². The van der Waals surface area contributed by atoms with Crippen LogP contribution in [0.5, 0.6) is 0 Å². The predicted molar refractivity (Wildman–Crippen MR) is 87.2 cm³/mol. The van der Waals surface area contributed by atoms with E-state index in [1.807, 2.05) is 31.7 Å². The van der Waals surface area contributed by atoms with Gasteiger partial charge in [0, 0.05) is 38.3 Å². The Morgan fingerprint density at radius 2 is 2.00 bits per heavy atom. The standard InChI is InChI=1S/C16H24N6O2/c1-4-15-17-14(19-24-15)10-20-5-7-21(8-6-20)16(23)11-22-13(3)9-12(2)18-22/h9H,4-8,10-11H2,1-3H3. The number of rotatable bonds is 5. The minimum Gasteiger partial charge on any atom is -0.339 e. The highest BCUT2D eigenvalue weighted by Gasteiger charge is 2.23. The van der Waals surface area contributed by atoms with Crippen molar-refractivity contribution in [3.8, 4) is 0 Å². The first-order chi connectivity index (χ1) is 11.5. The van der Waals surface area contributed by atoms with Crippen molar-refractivity contribution in [2.24, 2.45) is 0 Å². The summed E-state index contributed by atoms with van der Waals surface area (Å²) < 4.78 is 6.91. The molecule has 0 radical (unpaired) electrons. The number of nitrogens with zero attached hydrogens (tertiary/aromatic N) is 6. The Kier molecular flexibility index (Phi) is 4.94. The van der Waals surface area contributed by atoms with E-state index in [1.165, 1.54) is 0 Å². The molecule has 0 bridgehead atoms. The minimum absolute atomic E-state index is 0.119. The number of carbonyl (C=O) groups is 1. The molecule has 0 spiro atoms. The lowest BCUT2D eigenvalue weighted by atomic mass is 10.3. The predicted octanol–water partition coefficient (Wildman–Crippen LogP) is 0.790. The van der Waals surface area contributed by atoms with Crippen LogP contribution < -0.4 is 0 Å². The van der Waals surface area contributed by atoms with E-state index in [0.717, 1.165) is 44.0 Å². The van der Waals surface area contributed by atoms with Crippen LogP contribution in [-0.4, -0.2) is 61.8 Å². The van der Waals surface area contributed by atoms with Gasteiger partial charge in [-0.15, -0.1) is 0 Å². The third kappa shape index (κ3) is 3.81. The van der Waals surface area contributed by atoms with Crippen molar-refractivity contribution in [1.29, 1.82) is 0 Å². The van der Waals surface area contributed by atoms with E-state index in [-0.39, 0.29) is 5.91 Å². The molecule has 0 saturated carbocycles. The highest BCUT2D eigenvalue weighted by atomic mass is 16.5. The lowest BCUT2D eigenvalue weighted by Crippen LogP contribution is -2.49. The second-order valence-electron chi connectivity index (χ2n) is 6.20. The molecule has 2 aromatic rings. The number of carbonyl (C=O) groups excluding carboxylic acids is 1. The summed E-state index contributed by atoms with van der Waals surface area (Å²) in [5.41, 5.74) is 1.96. The van der Waals surface area contributed by atoms with Crippen molar-refractivity contribution >= 4 is 5.91 Å². The fourth-order valence-electron chi connectivity index (χ4n) is 2.92. The van der Waals surface area contributed by atoms with E-state index in [0.29, 0.717) is 24.8 Å². The van der Waals surface area contributed by atoms with Crippen LogP contribution in [0, 0.1) is 13.8 Å². The van der Waals surface area contributed by atoms with Crippen LogP contribution in [0.1, 0.15) is 30.0 Å². The Bertz CT molecular complexity index is 699. The summed E-state index contributed by atoms with van der Waals surface area (Å²) in [4.78, 5) is 20.9. The number of hydrogen-bond donors (Lipinski definition) is 0. The van der Waals surface area contributed by atoms with Gasteiger partial charge in [0.25, 0.3) is 0 Å². The molecule has 0 unspecified atom stereocenters. The molecular weight excluding hydrogens is 308 g/mol. The molecule has 24 heavy (non-hydrogen) atoms. The normalized spacial score (nSPS) is 15.9. The van der Waals surface area contributed by atoms with Gasteiger partial charge in [-0.05, 0) is 19.9 Å². The molecule has 1 fully saturated rings. The zero-order valence-corrected chi connectivity index (χ0v) is 14.5. The molecule has 0 N–H and O–H groups in total. The fourth-order valence-corrected chi connectivity index (χ4v) is 2.92. The Balaban J connectivity index is 1.49. The van der Waals surface area contributed by atoms with Gasteiger partial charge in [-0.3, -0.25) is 14.4 Å². The molecule has 8 heteroatoms. The van der Waals surface area contributed by atoms with Crippen LogP contribution >= 0.6 is 0 Å². The van der Waals surface area contributed by atoms with Gasteiger partial charge >= 0.3 is 0 Å². The molecule has 8 nitrogen and oxygen atoms in total. The molecule has 3 rings (SSSR count). The molecule has 3 heterocycles. The largest absolute Gasteiger partial charge is 0.339 e. The first-order valence-electron chi connectivity index (χ1n) is 8.37. The zero-order chi connectivity index (χ0) is 17.1. The quantitative estimate of drug-likeness (QED) is 0.805. The van der Waals surface area contributed by atoms with Crippen LogP contribution in [0.3, 0.4) is 0 Å². The first kappa shape index (κ1) is 16.6. The molecule has 1 aliphatic rings. The number of piperazine rings is 1. The smallest absolute Gasteiger partial charge is 0.244 e. The van der Waals surface area contributed by atoms with E-state index in [1.54, 1.807) is 4.68 Å². The molecule has 0 aromatic carbocycles. The van der Waals surface area contributed by atoms with Crippen LogP contribution in [0.2, 0.25) is 0 Å². The first-order valence-corrected chi connectivity index (χ1v) is 8.37. The van der Waals surface area contributed by atoms with E-state index in [4.69, 9.17) is 4.52 Å². The van der Waals surface area contributed by atoms with Gasteiger partial charge in [0.15, 0.2) is 5.82 Å². The Labute approximate surface area is 141 Å². The van der Waals surface area contributed by atoms with Crippen LogP contribution in [-0.2, 0) is 24.3 Å². The average molecular weight is 332 g/mol. The topological polar surface area (TPSA) is 80.3 Å². The second kappa shape index (κ2) is 7.12. The fraction of sp³-hybridized carbons (Fsp3) is 0.625. The Morgan fingerprint density at radius 3 is 2.58 bits per heavy atom. The van der Waals surface area contributed by atoms with Gasteiger partial charge < -0.3 is 9.42 Å². The molecule has 1 aliphatic heterocycles. The van der Waals surface area contributed by atoms with Crippen molar-refractivity contribution in [1.82, 2.24) is 29.7 Å². The maximum absolute atomic E-state index is 12.4. The Hall–Kier alpha value is -2.22. The SMILES string of the molecule is CCc1nc(CN2CCN(C(=O)Cn3nc(C)cc3C)CC2)no1. The van der Waals surface area contributed by atoms with Gasteiger partial charge in [0.2, 0.25) is 11.8 Å². The van der Waals surface area contributed by atoms with Gasteiger partial charge in [0.05, 0.1) is 12.2 Å². The van der Waals surface area contributed by atoms with Crippen LogP contribution in [0.4, 0.5) is 0 Å². The zero-order valence-electron chi connectivity index (χ0n) is 14.5. The van der Waals surface area contributed by atoms with Gasteiger partial charge in [-0.2, -0.15) is 10.1 Å². The molecule has 2 aromatic heterocycles. The monoisotopic (exact) mass is 332 g/mol.